The molecule has 0 aromatic carbocycles. The third-order valence-electron chi connectivity index (χ3n) is 4.44. The molecule has 1 unspecified atom stereocenters. The van der Waals surface area contributed by atoms with Crippen LogP contribution >= 0.6 is 11.3 Å². The first-order chi connectivity index (χ1) is 13.2. The van der Waals surface area contributed by atoms with Crippen LogP contribution < -0.4 is 5.32 Å². The SMILES string of the molecule is Cn1cc(/C=C/C(=O)N2CCCC2c2csc(Nc3ccccn3)n2)cn1. The van der Waals surface area contributed by atoms with Gasteiger partial charge in [0.05, 0.1) is 17.9 Å². The highest BCUT2D eigenvalue weighted by molar-refractivity contribution is 7.13. The van der Waals surface area contributed by atoms with Gasteiger partial charge in [-0.15, -0.1) is 11.3 Å². The van der Waals surface area contributed by atoms with Crippen LogP contribution in [0.4, 0.5) is 10.9 Å². The number of rotatable bonds is 5. The lowest BCUT2D eigenvalue weighted by Crippen LogP contribution is -2.29. The highest BCUT2D eigenvalue weighted by Gasteiger charge is 2.30. The number of hydrogen-bond donors (Lipinski definition) is 1. The van der Waals surface area contributed by atoms with Gasteiger partial charge in [0.2, 0.25) is 5.91 Å². The molecular weight excluding hydrogens is 360 g/mol. The maximum atomic E-state index is 12.7. The molecule has 1 saturated heterocycles. The second-order valence-corrected chi connectivity index (χ2v) is 7.25. The number of pyridine rings is 1. The summed E-state index contributed by atoms with van der Waals surface area (Å²) in [4.78, 5) is 23.5. The van der Waals surface area contributed by atoms with E-state index in [9.17, 15) is 4.79 Å². The molecule has 1 aliphatic heterocycles. The van der Waals surface area contributed by atoms with Crippen molar-refractivity contribution in [1.82, 2.24) is 24.6 Å². The Kier molecular flexibility index (Phi) is 4.97. The molecule has 0 radical (unpaired) electrons. The van der Waals surface area contributed by atoms with Crippen molar-refractivity contribution in [3.63, 3.8) is 0 Å². The Bertz CT molecular complexity index is 948. The minimum atomic E-state index is 0.00795. The number of anilines is 2. The molecule has 1 N–H and O–H groups in total. The van der Waals surface area contributed by atoms with Gasteiger partial charge in [-0.2, -0.15) is 5.10 Å². The fraction of sp³-hybridized carbons (Fsp3) is 0.263. The van der Waals surface area contributed by atoms with Crippen molar-refractivity contribution in [1.29, 1.82) is 0 Å². The van der Waals surface area contributed by atoms with E-state index >= 15 is 0 Å². The molecule has 3 aromatic heterocycles. The van der Waals surface area contributed by atoms with E-state index in [1.54, 1.807) is 29.2 Å². The van der Waals surface area contributed by atoms with Crippen LogP contribution in [-0.4, -0.2) is 37.1 Å². The summed E-state index contributed by atoms with van der Waals surface area (Å²) in [6, 6.07) is 5.72. The average Bonchev–Trinajstić information content (AvgIpc) is 3.41. The first-order valence-corrected chi connectivity index (χ1v) is 9.68. The van der Waals surface area contributed by atoms with Gasteiger partial charge < -0.3 is 10.2 Å². The Balaban J connectivity index is 1.45. The third-order valence-corrected chi connectivity index (χ3v) is 5.22. The monoisotopic (exact) mass is 380 g/mol. The second kappa shape index (κ2) is 7.71. The maximum Gasteiger partial charge on any atom is 0.247 e. The Morgan fingerprint density at radius 2 is 2.33 bits per heavy atom. The number of thiazole rings is 1. The molecule has 0 aliphatic carbocycles. The average molecular weight is 380 g/mol. The first kappa shape index (κ1) is 17.4. The first-order valence-electron chi connectivity index (χ1n) is 8.80. The Morgan fingerprint density at radius 1 is 1.41 bits per heavy atom. The largest absolute Gasteiger partial charge is 0.331 e. The number of aryl methyl sites for hydroxylation is 1. The lowest BCUT2D eigenvalue weighted by molar-refractivity contribution is -0.126. The number of carbonyl (C=O) groups is 1. The second-order valence-electron chi connectivity index (χ2n) is 6.39. The van der Waals surface area contributed by atoms with Crippen molar-refractivity contribution in [3.8, 4) is 0 Å². The third kappa shape index (κ3) is 4.06. The van der Waals surface area contributed by atoms with Crippen LogP contribution in [0.1, 0.15) is 30.1 Å². The number of nitrogens with one attached hydrogen (secondary N) is 1. The van der Waals surface area contributed by atoms with Crippen LogP contribution in [-0.2, 0) is 11.8 Å². The van der Waals surface area contributed by atoms with Crippen molar-refractivity contribution in [2.45, 2.75) is 18.9 Å². The molecule has 4 rings (SSSR count). The Labute approximate surface area is 161 Å². The fourth-order valence-electron chi connectivity index (χ4n) is 3.17. The van der Waals surface area contributed by atoms with Crippen LogP contribution in [0.2, 0.25) is 0 Å². The van der Waals surface area contributed by atoms with Gasteiger partial charge in [0.25, 0.3) is 0 Å². The Morgan fingerprint density at radius 3 is 3.11 bits per heavy atom. The van der Waals surface area contributed by atoms with Crippen LogP contribution in [0.15, 0.2) is 48.2 Å². The molecule has 1 amide bonds. The van der Waals surface area contributed by atoms with E-state index in [1.807, 2.05) is 41.7 Å². The molecule has 1 aliphatic rings. The van der Waals surface area contributed by atoms with Gasteiger partial charge in [-0.25, -0.2) is 9.97 Å². The standard InChI is InChI=1S/C19H20N6OS/c1-24-12-14(11-21-24)7-8-18(26)25-10-4-5-16(25)15-13-27-19(22-15)23-17-6-2-3-9-20-17/h2-3,6-9,11-13,16H,4-5,10H2,1H3,(H,20,22,23)/b8-7+. The summed E-state index contributed by atoms with van der Waals surface area (Å²) in [6.07, 6.45) is 10.7. The molecule has 0 spiro atoms. The molecular formula is C19H20N6OS. The highest BCUT2D eigenvalue weighted by atomic mass is 32.1. The van der Waals surface area contributed by atoms with Gasteiger partial charge in [0.1, 0.15) is 5.82 Å². The Hall–Kier alpha value is -3.00. The van der Waals surface area contributed by atoms with Crippen molar-refractivity contribution in [2.24, 2.45) is 7.05 Å². The summed E-state index contributed by atoms with van der Waals surface area (Å²) in [5, 5.41) is 10.1. The van der Waals surface area contributed by atoms with Gasteiger partial charge in [0.15, 0.2) is 5.13 Å². The molecule has 4 heterocycles. The maximum absolute atomic E-state index is 12.7. The summed E-state index contributed by atoms with van der Waals surface area (Å²) in [5.74, 6) is 0.769. The van der Waals surface area contributed by atoms with E-state index in [0.717, 1.165) is 41.6 Å². The molecule has 0 bridgehead atoms. The molecule has 3 aromatic rings. The van der Waals surface area contributed by atoms with Gasteiger partial charge in [-0.3, -0.25) is 9.48 Å². The van der Waals surface area contributed by atoms with Crippen LogP contribution in [0.25, 0.3) is 6.08 Å². The quantitative estimate of drug-likeness (QED) is 0.687. The van der Waals surface area contributed by atoms with Crippen molar-refractivity contribution in [2.75, 3.05) is 11.9 Å². The van der Waals surface area contributed by atoms with Crippen molar-refractivity contribution in [3.05, 3.63) is 59.5 Å². The number of nitrogens with zero attached hydrogens (tertiary/aromatic N) is 5. The van der Waals surface area contributed by atoms with Gasteiger partial charge in [-0.05, 0) is 31.1 Å². The highest BCUT2D eigenvalue weighted by Crippen LogP contribution is 2.34. The molecule has 138 valence electrons. The van der Waals surface area contributed by atoms with Crippen molar-refractivity contribution < 1.29 is 4.79 Å². The minimum Gasteiger partial charge on any atom is -0.331 e. The molecule has 1 fully saturated rings. The predicted octanol–water partition coefficient (Wildman–Crippen LogP) is 3.39. The van der Waals surface area contributed by atoms with Crippen LogP contribution in [0.3, 0.4) is 0 Å². The molecule has 7 nitrogen and oxygen atoms in total. The summed E-state index contributed by atoms with van der Waals surface area (Å²) in [5.41, 5.74) is 1.84. The number of amides is 1. The topological polar surface area (TPSA) is 75.9 Å². The molecule has 0 saturated carbocycles. The van der Waals surface area contributed by atoms with E-state index in [1.165, 1.54) is 11.3 Å². The zero-order valence-electron chi connectivity index (χ0n) is 14.9. The zero-order chi connectivity index (χ0) is 18.6. The summed E-state index contributed by atoms with van der Waals surface area (Å²) in [7, 11) is 1.86. The lowest BCUT2D eigenvalue weighted by Gasteiger charge is -2.21. The fourth-order valence-corrected chi connectivity index (χ4v) is 3.93. The molecule has 27 heavy (non-hydrogen) atoms. The number of likely N-dealkylation sites (tertiary alicyclic amines) is 1. The van der Waals surface area contributed by atoms with Crippen molar-refractivity contribution >= 4 is 34.3 Å². The summed E-state index contributed by atoms with van der Waals surface area (Å²) < 4.78 is 1.72. The van der Waals surface area contributed by atoms with Gasteiger partial charge in [-0.1, -0.05) is 6.07 Å². The summed E-state index contributed by atoms with van der Waals surface area (Å²) >= 11 is 1.53. The smallest absolute Gasteiger partial charge is 0.247 e. The predicted molar refractivity (Wildman–Crippen MR) is 106 cm³/mol. The number of hydrogen-bond acceptors (Lipinski definition) is 6. The van der Waals surface area contributed by atoms with Crippen LogP contribution in [0, 0.1) is 0 Å². The van der Waals surface area contributed by atoms with Gasteiger partial charge >= 0.3 is 0 Å². The number of carbonyl (C=O) groups excluding carboxylic acids is 1. The summed E-state index contributed by atoms with van der Waals surface area (Å²) in [6.45, 7) is 0.751. The van der Waals surface area contributed by atoms with Gasteiger partial charge in [0, 0.05) is 43.0 Å². The zero-order valence-corrected chi connectivity index (χ0v) is 15.8. The lowest BCUT2D eigenvalue weighted by atomic mass is 10.1. The normalized spacial score (nSPS) is 16.9. The molecule has 1 atom stereocenters. The molecule has 8 heteroatoms. The van der Waals surface area contributed by atoms with E-state index < -0.39 is 0 Å². The number of aromatic nitrogens is 4. The minimum absolute atomic E-state index is 0.00795. The van der Waals surface area contributed by atoms with E-state index in [0.29, 0.717) is 0 Å². The van der Waals surface area contributed by atoms with E-state index in [-0.39, 0.29) is 11.9 Å². The van der Waals surface area contributed by atoms with E-state index in [4.69, 9.17) is 0 Å². The van der Waals surface area contributed by atoms with Crippen LogP contribution in [0.5, 0.6) is 0 Å². The van der Waals surface area contributed by atoms with E-state index in [2.05, 4.69) is 20.4 Å².